The van der Waals surface area contributed by atoms with Crippen molar-refractivity contribution < 1.29 is 9.18 Å². The maximum atomic E-state index is 13.3. The van der Waals surface area contributed by atoms with Crippen molar-refractivity contribution in [3.8, 4) is 0 Å². The van der Waals surface area contributed by atoms with Crippen LogP contribution in [0.15, 0.2) is 59.4 Å². The van der Waals surface area contributed by atoms with E-state index >= 15 is 0 Å². The Labute approximate surface area is 154 Å². The molecule has 0 spiro atoms. The van der Waals surface area contributed by atoms with E-state index in [2.05, 4.69) is 21.2 Å². The molecule has 1 aliphatic heterocycles. The number of fused-ring (bicyclic) bond motifs is 1. The van der Waals surface area contributed by atoms with Gasteiger partial charge in [-0.3, -0.25) is 15.0 Å². The number of aromatic amines is 1. The topological polar surface area (TPSA) is 86.0 Å². The maximum absolute atomic E-state index is 13.3. The van der Waals surface area contributed by atoms with Crippen LogP contribution in [0.25, 0.3) is 10.9 Å². The van der Waals surface area contributed by atoms with E-state index in [1.165, 1.54) is 12.1 Å². The minimum absolute atomic E-state index is 0.111. The molecule has 2 aromatic carbocycles. The summed E-state index contributed by atoms with van der Waals surface area (Å²) in [4.78, 5) is 27.5. The van der Waals surface area contributed by atoms with Gasteiger partial charge in [0.15, 0.2) is 0 Å². The number of carbonyl (C=O) groups excluding carboxylic acids is 1. The van der Waals surface area contributed by atoms with Crippen LogP contribution in [0.1, 0.15) is 17.2 Å². The predicted octanol–water partition coefficient (Wildman–Crippen LogP) is 1.75. The van der Waals surface area contributed by atoms with Crippen LogP contribution in [-0.2, 0) is 11.3 Å². The summed E-state index contributed by atoms with van der Waals surface area (Å²) in [6.45, 7) is 0.609. The molecule has 0 aliphatic carbocycles. The lowest BCUT2D eigenvalue weighted by atomic mass is 9.94. The van der Waals surface area contributed by atoms with Crippen molar-refractivity contribution in [3.63, 3.8) is 0 Å². The molecule has 0 radical (unpaired) electrons. The van der Waals surface area contributed by atoms with Crippen LogP contribution in [-0.4, -0.2) is 17.4 Å². The molecule has 1 aliphatic rings. The molecule has 0 saturated carbocycles. The van der Waals surface area contributed by atoms with Gasteiger partial charge in [-0.05, 0) is 35.2 Å². The molecular weight excluding hydrogens is 347 g/mol. The smallest absolute Gasteiger partial charge is 0.253 e. The van der Waals surface area contributed by atoms with E-state index < -0.39 is 5.82 Å². The number of H-pyrrole nitrogens is 1. The molecular formula is C20H19FN4O2. The number of rotatable bonds is 4. The third kappa shape index (κ3) is 3.60. The van der Waals surface area contributed by atoms with Gasteiger partial charge in [0.2, 0.25) is 5.91 Å². The van der Waals surface area contributed by atoms with Gasteiger partial charge in [0.1, 0.15) is 5.82 Å². The molecule has 2 heterocycles. The lowest BCUT2D eigenvalue weighted by Crippen LogP contribution is -2.35. The number of amides is 1. The highest BCUT2D eigenvalue weighted by Crippen LogP contribution is 2.24. The van der Waals surface area contributed by atoms with E-state index in [-0.39, 0.29) is 30.0 Å². The molecule has 2 atom stereocenters. The van der Waals surface area contributed by atoms with Crippen LogP contribution in [0.5, 0.6) is 0 Å². The summed E-state index contributed by atoms with van der Waals surface area (Å²) in [6, 6.07) is 15.5. The molecule has 1 aromatic heterocycles. The van der Waals surface area contributed by atoms with Gasteiger partial charge in [0.25, 0.3) is 5.56 Å². The van der Waals surface area contributed by atoms with E-state index in [1.807, 2.05) is 30.3 Å². The normalized spacial score (nSPS) is 19.3. The molecule has 1 saturated heterocycles. The Morgan fingerprint density at radius 1 is 1.15 bits per heavy atom. The molecule has 138 valence electrons. The SMILES string of the molecule is O=C(NCc1cc2ccc(F)cc2[nH]c1=O)C1CNNC1c1ccccc1. The van der Waals surface area contributed by atoms with Gasteiger partial charge >= 0.3 is 0 Å². The molecule has 7 heteroatoms. The number of pyridine rings is 1. The van der Waals surface area contributed by atoms with Crippen LogP contribution >= 0.6 is 0 Å². The van der Waals surface area contributed by atoms with E-state index in [0.717, 1.165) is 5.56 Å². The second-order valence-electron chi connectivity index (χ2n) is 6.59. The Hall–Kier alpha value is -3.03. The highest BCUT2D eigenvalue weighted by Gasteiger charge is 2.33. The summed E-state index contributed by atoms with van der Waals surface area (Å²) in [7, 11) is 0. The Kier molecular flexibility index (Phi) is 4.70. The van der Waals surface area contributed by atoms with Crippen LogP contribution in [0.3, 0.4) is 0 Å². The number of hydrogen-bond acceptors (Lipinski definition) is 4. The molecule has 4 rings (SSSR count). The summed E-state index contributed by atoms with van der Waals surface area (Å²) in [5, 5.41) is 3.56. The number of hydrogen-bond donors (Lipinski definition) is 4. The van der Waals surface area contributed by atoms with Gasteiger partial charge in [-0.25, -0.2) is 9.82 Å². The Morgan fingerprint density at radius 3 is 2.78 bits per heavy atom. The number of carbonyl (C=O) groups is 1. The average Bonchev–Trinajstić information content (AvgIpc) is 3.17. The first-order valence-electron chi connectivity index (χ1n) is 8.74. The summed E-state index contributed by atoms with van der Waals surface area (Å²) in [6.07, 6.45) is 0. The van der Waals surface area contributed by atoms with Crippen LogP contribution in [0.2, 0.25) is 0 Å². The second-order valence-corrected chi connectivity index (χ2v) is 6.59. The zero-order chi connectivity index (χ0) is 18.8. The molecule has 6 nitrogen and oxygen atoms in total. The number of benzene rings is 2. The van der Waals surface area contributed by atoms with Gasteiger partial charge in [-0.2, -0.15) is 0 Å². The minimum Gasteiger partial charge on any atom is -0.351 e. The van der Waals surface area contributed by atoms with E-state index in [4.69, 9.17) is 0 Å². The van der Waals surface area contributed by atoms with Crippen molar-refractivity contribution in [2.45, 2.75) is 12.6 Å². The molecule has 3 aromatic rings. The Morgan fingerprint density at radius 2 is 1.96 bits per heavy atom. The number of aromatic nitrogens is 1. The highest BCUT2D eigenvalue weighted by molar-refractivity contribution is 5.81. The highest BCUT2D eigenvalue weighted by atomic mass is 19.1. The molecule has 1 amide bonds. The van der Waals surface area contributed by atoms with E-state index in [9.17, 15) is 14.0 Å². The first-order valence-corrected chi connectivity index (χ1v) is 8.74. The predicted molar refractivity (Wildman–Crippen MR) is 100 cm³/mol. The van der Waals surface area contributed by atoms with Gasteiger partial charge in [0, 0.05) is 18.7 Å². The second kappa shape index (κ2) is 7.30. The van der Waals surface area contributed by atoms with Gasteiger partial charge in [-0.15, -0.1) is 0 Å². The summed E-state index contributed by atoms with van der Waals surface area (Å²) < 4.78 is 13.3. The fourth-order valence-corrected chi connectivity index (χ4v) is 3.38. The Balaban J connectivity index is 1.49. The lowest BCUT2D eigenvalue weighted by Gasteiger charge is -2.18. The van der Waals surface area contributed by atoms with Crippen molar-refractivity contribution in [1.82, 2.24) is 21.2 Å². The lowest BCUT2D eigenvalue weighted by molar-refractivity contribution is -0.125. The van der Waals surface area contributed by atoms with Crippen LogP contribution in [0, 0.1) is 11.7 Å². The maximum Gasteiger partial charge on any atom is 0.253 e. The largest absolute Gasteiger partial charge is 0.351 e. The zero-order valence-corrected chi connectivity index (χ0v) is 14.5. The van der Waals surface area contributed by atoms with Crippen molar-refractivity contribution >= 4 is 16.8 Å². The Bertz CT molecular complexity index is 1040. The van der Waals surface area contributed by atoms with Crippen molar-refractivity contribution in [3.05, 3.63) is 81.9 Å². The molecule has 4 N–H and O–H groups in total. The third-order valence-electron chi connectivity index (χ3n) is 4.82. The molecule has 1 fully saturated rings. The molecule has 27 heavy (non-hydrogen) atoms. The summed E-state index contributed by atoms with van der Waals surface area (Å²) in [5.74, 6) is -0.839. The number of hydrazine groups is 1. The fourth-order valence-electron chi connectivity index (χ4n) is 3.38. The molecule has 0 bridgehead atoms. The number of nitrogens with one attached hydrogen (secondary N) is 4. The van der Waals surface area contributed by atoms with Crippen LogP contribution in [0.4, 0.5) is 4.39 Å². The summed E-state index contributed by atoms with van der Waals surface area (Å²) >= 11 is 0. The zero-order valence-electron chi connectivity index (χ0n) is 14.5. The fraction of sp³-hybridized carbons (Fsp3) is 0.200. The quantitative estimate of drug-likeness (QED) is 0.567. The van der Waals surface area contributed by atoms with Gasteiger partial charge in [-0.1, -0.05) is 30.3 Å². The molecule has 2 unspecified atom stereocenters. The van der Waals surface area contributed by atoms with Crippen molar-refractivity contribution in [2.75, 3.05) is 6.54 Å². The van der Waals surface area contributed by atoms with Crippen molar-refractivity contribution in [1.29, 1.82) is 0 Å². The van der Waals surface area contributed by atoms with Gasteiger partial charge < -0.3 is 10.3 Å². The van der Waals surface area contributed by atoms with E-state index in [1.54, 1.807) is 12.1 Å². The first-order chi connectivity index (χ1) is 13.1. The average molecular weight is 366 g/mol. The monoisotopic (exact) mass is 366 g/mol. The third-order valence-corrected chi connectivity index (χ3v) is 4.82. The minimum atomic E-state index is -0.410. The first kappa shape index (κ1) is 17.4. The van der Waals surface area contributed by atoms with Crippen LogP contribution < -0.4 is 21.7 Å². The number of halogens is 1. The standard InChI is InChI=1S/C20H19FN4O2/c21-15-7-6-13-8-14(19(26)24-17(13)9-15)10-22-20(27)16-11-23-25-18(16)12-4-2-1-3-5-12/h1-9,16,18,23,25H,10-11H2,(H,22,27)(H,24,26). The van der Waals surface area contributed by atoms with Gasteiger partial charge in [0.05, 0.1) is 17.5 Å². The van der Waals surface area contributed by atoms with Crippen molar-refractivity contribution in [2.24, 2.45) is 5.92 Å². The summed E-state index contributed by atoms with van der Waals surface area (Å²) in [5.41, 5.74) is 7.70. The van der Waals surface area contributed by atoms with E-state index in [0.29, 0.717) is 23.0 Å².